The Morgan fingerprint density at radius 1 is 1.00 bits per heavy atom. The van der Waals surface area contributed by atoms with E-state index in [1.54, 1.807) is 18.2 Å². The number of alkyl halides is 3. The van der Waals surface area contributed by atoms with E-state index in [-0.39, 0.29) is 6.42 Å². The molecule has 0 aliphatic rings. The summed E-state index contributed by atoms with van der Waals surface area (Å²) in [6, 6.07) is 10.5. The number of hydrogen-bond donors (Lipinski definition) is 3. The molecule has 0 unspecified atom stereocenters. The van der Waals surface area contributed by atoms with Gasteiger partial charge in [0.15, 0.2) is 6.10 Å². The Hall–Kier alpha value is -2.87. The predicted molar refractivity (Wildman–Crippen MR) is 86.1 cm³/mol. The summed E-state index contributed by atoms with van der Waals surface area (Å²) in [6.45, 7) is 0. The third-order valence-electron chi connectivity index (χ3n) is 3.70. The highest BCUT2D eigenvalue weighted by molar-refractivity contribution is 5.87. The first kappa shape index (κ1) is 19.5. The van der Waals surface area contributed by atoms with Gasteiger partial charge in [0.25, 0.3) is 5.91 Å². The van der Waals surface area contributed by atoms with Crippen molar-refractivity contribution in [2.75, 3.05) is 0 Å². The van der Waals surface area contributed by atoms with Crippen molar-refractivity contribution in [1.29, 1.82) is 0 Å². The van der Waals surface area contributed by atoms with Crippen LogP contribution in [-0.2, 0) is 22.2 Å². The zero-order valence-corrected chi connectivity index (χ0v) is 13.4. The molecule has 0 aliphatic heterocycles. The fraction of sp³-hybridized carbons (Fsp3) is 0.222. The van der Waals surface area contributed by atoms with E-state index in [0.29, 0.717) is 11.1 Å². The SMILES string of the molecule is O=C(O)[C@H](Cc1ccc(C(F)(F)F)cc1)NC(=O)[C@@H](O)c1ccccc1. The van der Waals surface area contributed by atoms with Crippen LogP contribution >= 0.6 is 0 Å². The van der Waals surface area contributed by atoms with Crippen LogP contribution in [0, 0.1) is 0 Å². The Morgan fingerprint density at radius 2 is 1.58 bits per heavy atom. The van der Waals surface area contributed by atoms with Crippen LogP contribution in [0.5, 0.6) is 0 Å². The number of aliphatic hydroxyl groups excluding tert-OH is 1. The van der Waals surface area contributed by atoms with Gasteiger partial charge >= 0.3 is 12.1 Å². The maximum absolute atomic E-state index is 12.6. The highest BCUT2D eigenvalue weighted by atomic mass is 19.4. The van der Waals surface area contributed by atoms with E-state index >= 15 is 0 Å². The molecule has 0 heterocycles. The Labute approximate surface area is 147 Å². The van der Waals surface area contributed by atoms with Gasteiger partial charge in [-0.05, 0) is 23.3 Å². The molecule has 0 bridgehead atoms. The van der Waals surface area contributed by atoms with Crippen LogP contribution in [0.2, 0.25) is 0 Å². The maximum atomic E-state index is 12.6. The van der Waals surface area contributed by atoms with E-state index in [2.05, 4.69) is 5.32 Å². The average molecular weight is 367 g/mol. The lowest BCUT2D eigenvalue weighted by Crippen LogP contribution is -2.44. The highest BCUT2D eigenvalue weighted by Crippen LogP contribution is 2.29. The number of benzene rings is 2. The molecule has 3 N–H and O–H groups in total. The second kappa shape index (κ2) is 8.01. The van der Waals surface area contributed by atoms with Gasteiger partial charge in [0.2, 0.25) is 0 Å². The van der Waals surface area contributed by atoms with Crippen LogP contribution in [0.15, 0.2) is 54.6 Å². The van der Waals surface area contributed by atoms with Crippen molar-refractivity contribution in [2.45, 2.75) is 24.7 Å². The first-order valence-electron chi connectivity index (χ1n) is 7.61. The van der Waals surface area contributed by atoms with Crippen molar-refractivity contribution in [3.63, 3.8) is 0 Å². The number of carbonyl (C=O) groups excluding carboxylic acids is 1. The summed E-state index contributed by atoms with van der Waals surface area (Å²) < 4.78 is 37.7. The second-order valence-electron chi connectivity index (χ2n) is 5.61. The van der Waals surface area contributed by atoms with Crippen molar-refractivity contribution in [2.24, 2.45) is 0 Å². The van der Waals surface area contributed by atoms with E-state index in [9.17, 15) is 33.0 Å². The lowest BCUT2D eigenvalue weighted by molar-refractivity contribution is -0.143. The largest absolute Gasteiger partial charge is 0.480 e. The number of carbonyl (C=O) groups is 2. The molecule has 0 spiro atoms. The van der Waals surface area contributed by atoms with Crippen LogP contribution in [0.3, 0.4) is 0 Å². The van der Waals surface area contributed by atoms with Gasteiger partial charge in [-0.1, -0.05) is 42.5 Å². The van der Waals surface area contributed by atoms with Gasteiger partial charge in [-0.15, -0.1) is 0 Å². The second-order valence-corrected chi connectivity index (χ2v) is 5.61. The van der Waals surface area contributed by atoms with Crippen molar-refractivity contribution in [3.05, 3.63) is 71.3 Å². The van der Waals surface area contributed by atoms with Crippen molar-refractivity contribution >= 4 is 11.9 Å². The van der Waals surface area contributed by atoms with Crippen molar-refractivity contribution < 1.29 is 33.0 Å². The van der Waals surface area contributed by atoms with Crippen molar-refractivity contribution in [3.8, 4) is 0 Å². The van der Waals surface area contributed by atoms with Gasteiger partial charge in [0, 0.05) is 6.42 Å². The smallest absolute Gasteiger partial charge is 0.416 e. The monoisotopic (exact) mass is 367 g/mol. The Bertz CT molecular complexity index is 760. The molecule has 138 valence electrons. The first-order valence-corrected chi connectivity index (χ1v) is 7.61. The van der Waals surface area contributed by atoms with E-state index in [0.717, 1.165) is 24.3 Å². The molecule has 1 amide bonds. The van der Waals surface area contributed by atoms with Gasteiger partial charge < -0.3 is 15.5 Å². The molecule has 0 aromatic heterocycles. The average Bonchev–Trinajstić information content (AvgIpc) is 2.60. The summed E-state index contributed by atoms with van der Waals surface area (Å²) in [6.07, 6.45) is -6.26. The minimum atomic E-state index is -4.49. The summed E-state index contributed by atoms with van der Waals surface area (Å²) in [5.74, 6) is -2.27. The number of nitrogens with one attached hydrogen (secondary N) is 1. The van der Waals surface area contributed by atoms with E-state index in [1.165, 1.54) is 12.1 Å². The van der Waals surface area contributed by atoms with Crippen LogP contribution in [0.4, 0.5) is 13.2 Å². The molecule has 5 nitrogen and oxygen atoms in total. The number of amides is 1. The molecular formula is C18H16F3NO4. The maximum Gasteiger partial charge on any atom is 0.416 e. The van der Waals surface area contributed by atoms with Gasteiger partial charge in [-0.2, -0.15) is 13.2 Å². The molecule has 2 rings (SSSR count). The van der Waals surface area contributed by atoms with E-state index in [1.807, 2.05) is 0 Å². The summed E-state index contributed by atoms with van der Waals surface area (Å²) in [7, 11) is 0. The molecule has 0 aliphatic carbocycles. The predicted octanol–water partition coefficient (Wildman–Crippen LogP) is 2.55. The number of halogens is 3. The number of rotatable bonds is 6. The zero-order valence-electron chi connectivity index (χ0n) is 13.4. The lowest BCUT2D eigenvalue weighted by atomic mass is 10.0. The molecular weight excluding hydrogens is 351 g/mol. The van der Waals surface area contributed by atoms with Crippen LogP contribution in [0.1, 0.15) is 22.8 Å². The third kappa shape index (κ3) is 5.06. The molecule has 2 aromatic rings. The first-order chi connectivity index (χ1) is 12.2. The fourth-order valence-electron chi connectivity index (χ4n) is 2.30. The van der Waals surface area contributed by atoms with Gasteiger partial charge in [0.05, 0.1) is 5.56 Å². The van der Waals surface area contributed by atoms with Gasteiger partial charge in [0.1, 0.15) is 6.04 Å². The van der Waals surface area contributed by atoms with E-state index in [4.69, 9.17) is 0 Å². The molecule has 0 fully saturated rings. The van der Waals surface area contributed by atoms with Gasteiger partial charge in [-0.25, -0.2) is 4.79 Å². The molecule has 2 aromatic carbocycles. The Kier molecular flexibility index (Phi) is 5.99. The Balaban J connectivity index is 2.07. The van der Waals surface area contributed by atoms with Gasteiger partial charge in [-0.3, -0.25) is 4.79 Å². The normalized spacial score (nSPS) is 13.7. The standard InChI is InChI=1S/C18H16F3NO4/c19-18(20,21)13-8-6-11(7-9-13)10-14(17(25)26)22-16(24)15(23)12-4-2-1-3-5-12/h1-9,14-15,23H,10H2,(H,22,24)(H,25,26)/t14-,15-/m0/s1. The molecule has 0 saturated heterocycles. The number of hydrogen-bond acceptors (Lipinski definition) is 3. The molecule has 0 saturated carbocycles. The zero-order chi connectivity index (χ0) is 19.3. The van der Waals surface area contributed by atoms with Crippen LogP contribution in [-0.4, -0.2) is 28.1 Å². The van der Waals surface area contributed by atoms with Crippen LogP contribution in [0.25, 0.3) is 0 Å². The molecule has 8 heteroatoms. The minimum Gasteiger partial charge on any atom is -0.480 e. The fourth-order valence-corrected chi connectivity index (χ4v) is 2.30. The highest BCUT2D eigenvalue weighted by Gasteiger charge is 2.30. The third-order valence-corrected chi connectivity index (χ3v) is 3.70. The Morgan fingerprint density at radius 3 is 2.08 bits per heavy atom. The van der Waals surface area contributed by atoms with Crippen molar-refractivity contribution in [1.82, 2.24) is 5.32 Å². The molecule has 0 radical (unpaired) electrons. The van der Waals surface area contributed by atoms with E-state index < -0.39 is 35.8 Å². The topological polar surface area (TPSA) is 86.6 Å². The quantitative estimate of drug-likeness (QED) is 0.732. The lowest BCUT2D eigenvalue weighted by Gasteiger charge is -2.18. The minimum absolute atomic E-state index is 0.222. The number of carboxylic acid groups (broad SMARTS) is 1. The number of carboxylic acids is 1. The number of aliphatic carboxylic acids is 1. The number of aliphatic hydroxyl groups is 1. The van der Waals surface area contributed by atoms with Crippen LogP contribution < -0.4 is 5.32 Å². The summed E-state index contributed by atoms with van der Waals surface area (Å²) >= 11 is 0. The summed E-state index contributed by atoms with van der Waals surface area (Å²) in [5.41, 5.74) is -0.250. The molecule has 26 heavy (non-hydrogen) atoms. The molecule has 2 atom stereocenters. The summed E-state index contributed by atoms with van der Waals surface area (Å²) in [5, 5.41) is 21.4. The summed E-state index contributed by atoms with van der Waals surface area (Å²) in [4.78, 5) is 23.4.